The van der Waals surface area contributed by atoms with Crippen LogP contribution in [0.1, 0.15) is 6.92 Å². The van der Waals surface area contributed by atoms with Crippen LogP contribution in [0.15, 0.2) is 29.2 Å². The summed E-state index contributed by atoms with van der Waals surface area (Å²) in [5.41, 5.74) is 0. The predicted octanol–water partition coefficient (Wildman–Crippen LogP) is 0.929. The van der Waals surface area contributed by atoms with Crippen molar-refractivity contribution in [1.29, 1.82) is 0 Å². The van der Waals surface area contributed by atoms with E-state index < -0.39 is 10.0 Å². The van der Waals surface area contributed by atoms with Gasteiger partial charge in [-0.1, -0.05) is 12.8 Å². The van der Waals surface area contributed by atoms with Crippen molar-refractivity contribution in [2.45, 2.75) is 11.8 Å². The average Bonchev–Trinajstić information content (AvgIpc) is 2.44. The Morgan fingerprint density at radius 3 is 2.55 bits per heavy atom. The molecule has 0 saturated heterocycles. The first-order valence-electron chi connectivity index (χ1n) is 6.35. The zero-order valence-corrected chi connectivity index (χ0v) is 12.6. The van der Waals surface area contributed by atoms with Crippen LogP contribution < -0.4 is 10.1 Å². The highest BCUT2D eigenvalue weighted by Crippen LogP contribution is 2.18. The third-order valence-electron chi connectivity index (χ3n) is 2.64. The van der Waals surface area contributed by atoms with Crippen LogP contribution >= 0.6 is 0 Å². The van der Waals surface area contributed by atoms with E-state index in [4.69, 9.17) is 11.2 Å². The molecule has 0 bridgehead atoms. The summed E-state index contributed by atoms with van der Waals surface area (Å²) >= 11 is 0. The lowest BCUT2D eigenvalue weighted by Crippen LogP contribution is -2.27. The zero-order chi connectivity index (χ0) is 15.0. The molecule has 0 aliphatic heterocycles. The second-order valence-electron chi connectivity index (χ2n) is 4.14. The number of rotatable bonds is 8. The Morgan fingerprint density at radius 2 is 2.00 bits per heavy atom. The quantitative estimate of drug-likeness (QED) is 0.573. The van der Waals surface area contributed by atoms with Gasteiger partial charge in [-0.05, 0) is 30.8 Å². The summed E-state index contributed by atoms with van der Waals surface area (Å²) in [4.78, 5) is 0.203. The largest absolute Gasteiger partial charge is 0.492 e. The van der Waals surface area contributed by atoms with Crippen molar-refractivity contribution in [2.24, 2.45) is 0 Å². The normalized spacial score (nSPS) is 11.3. The number of likely N-dealkylation sites (N-methyl/N-ethyl adjacent to an activating group) is 1. The monoisotopic (exact) mass is 296 g/mol. The number of hydrogen-bond acceptors (Lipinski definition) is 4. The van der Waals surface area contributed by atoms with Gasteiger partial charge in [-0.2, -0.15) is 4.31 Å². The second kappa shape index (κ2) is 7.90. The summed E-state index contributed by atoms with van der Waals surface area (Å²) in [6, 6.07) is 6.32. The first kappa shape index (κ1) is 16.5. The van der Waals surface area contributed by atoms with Gasteiger partial charge in [-0.15, -0.1) is 6.42 Å². The van der Waals surface area contributed by atoms with Gasteiger partial charge in [0.05, 0.1) is 11.4 Å². The number of nitrogens with one attached hydrogen (secondary N) is 1. The van der Waals surface area contributed by atoms with E-state index in [1.807, 2.05) is 6.92 Å². The lowest BCUT2D eigenvalue weighted by Gasteiger charge is -2.14. The van der Waals surface area contributed by atoms with Crippen LogP contribution in [0, 0.1) is 12.3 Å². The smallest absolute Gasteiger partial charge is 0.243 e. The number of sulfonamides is 1. The van der Waals surface area contributed by atoms with Gasteiger partial charge in [0.2, 0.25) is 10.0 Å². The molecule has 0 amide bonds. The van der Waals surface area contributed by atoms with Crippen molar-refractivity contribution in [3.63, 3.8) is 0 Å². The van der Waals surface area contributed by atoms with Crippen LogP contribution in [0.4, 0.5) is 0 Å². The summed E-state index contributed by atoms with van der Waals surface area (Å²) in [5, 5.41) is 3.14. The van der Waals surface area contributed by atoms with Crippen molar-refractivity contribution in [2.75, 3.05) is 33.3 Å². The SMILES string of the molecule is C#CCN(C)S(=O)(=O)c1ccc(OCCNCC)cc1. The van der Waals surface area contributed by atoms with Gasteiger partial charge in [0.15, 0.2) is 0 Å². The number of ether oxygens (including phenoxy) is 1. The molecule has 110 valence electrons. The minimum Gasteiger partial charge on any atom is -0.492 e. The van der Waals surface area contributed by atoms with Gasteiger partial charge in [-0.25, -0.2) is 8.42 Å². The minimum absolute atomic E-state index is 0.0449. The van der Waals surface area contributed by atoms with Gasteiger partial charge >= 0.3 is 0 Å². The van der Waals surface area contributed by atoms with Crippen molar-refractivity contribution < 1.29 is 13.2 Å². The van der Waals surface area contributed by atoms with E-state index in [2.05, 4.69) is 11.2 Å². The molecule has 1 rings (SSSR count). The van der Waals surface area contributed by atoms with Crippen molar-refractivity contribution in [3.05, 3.63) is 24.3 Å². The molecule has 0 aliphatic carbocycles. The molecule has 0 radical (unpaired) electrons. The maximum atomic E-state index is 12.1. The van der Waals surface area contributed by atoms with Crippen LogP contribution in [0.25, 0.3) is 0 Å². The van der Waals surface area contributed by atoms with E-state index in [1.165, 1.54) is 19.2 Å². The highest BCUT2D eigenvalue weighted by atomic mass is 32.2. The van der Waals surface area contributed by atoms with Crippen molar-refractivity contribution in [1.82, 2.24) is 9.62 Å². The molecule has 0 aromatic heterocycles. The lowest BCUT2D eigenvalue weighted by molar-refractivity contribution is 0.315. The van der Waals surface area contributed by atoms with E-state index in [1.54, 1.807) is 12.1 Å². The number of benzene rings is 1. The Labute approximate surface area is 121 Å². The second-order valence-corrected chi connectivity index (χ2v) is 6.18. The van der Waals surface area contributed by atoms with Crippen LogP contribution in [-0.2, 0) is 10.0 Å². The highest BCUT2D eigenvalue weighted by molar-refractivity contribution is 7.89. The molecule has 0 unspecified atom stereocenters. The molecule has 6 heteroatoms. The molecular weight excluding hydrogens is 276 g/mol. The molecule has 0 atom stereocenters. The summed E-state index contributed by atoms with van der Waals surface area (Å²) in [5.74, 6) is 2.95. The molecule has 0 heterocycles. The molecule has 0 spiro atoms. The highest BCUT2D eigenvalue weighted by Gasteiger charge is 2.19. The van der Waals surface area contributed by atoms with E-state index in [-0.39, 0.29) is 11.4 Å². The summed E-state index contributed by atoms with van der Waals surface area (Å²) in [6.07, 6.45) is 5.13. The number of hydrogen-bond donors (Lipinski definition) is 1. The van der Waals surface area contributed by atoms with Gasteiger partial charge in [-0.3, -0.25) is 0 Å². The third-order valence-corrected chi connectivity index (χ3v) is 4.46. The van der Waals surface area contributed by atoms with Gasteiger partial charge < -0.3 is 10.1 Å². The summed E-state index contributed by atoms with van der Waals surface area (Å²) < 4.78 is 30.8. The fourth-order valence-corrected chi connectivity index (χ4v) is 2.60. The maximum absolute atomic E-state index is 12.1. The molecule has 1 aromatic carbocycles. The summed E-state index contributed by atoms with van der Waals surface area (Å²) in [7, 11) is -2.07. The first-order valence-corrected chi connectivity index (χ1v) is 7.79. The third kappa shape index (κ3) is 4.53. The van der Waals surface area contributed by atoms with Gasteiger partial charge in [0.25, 0.3) is 0 Å². The average molecular weight is 296 g/mol. The Balaban J connectivity index is 2.69. The fourth-order valence-electron chi connectivity index (χ4n) is 1.52. The summed E-state index contributed by atoms with van der Waals surface area (Å²) in [6.45, 7) is 4.25. The topological polar surface area (TPSA) is 58.6 Å². The zero-order valence-electron chi connectivity index (χ0n) is 11.8. The van der Waals surface area contributed by atoms with E-state index in [0.29, 0.717) is 12.4 Å². The van der Waals surface area contributed by atoms with E-state index in [0.717, 1.165) is 17.4 Å². The number of nitrogens with zero attached hydrogens (tertiary/aromatic N) is 1. The Bertz CT molecular complexity index is 547. The minimum atomic E-state index is -3.52. The molecule has 5 nitrogen and oxygen atoms in total. The molecule has 1 aromatic rings. The maximum Gasteiger partial charge on any atom is 0.243 e. The predicted molar refractivity (Wildman–Crippen MR) is 79.1 cm³/mol. The lowest BCUT2D eigenvalue weighted by atomic mass is 10.3. The Kier molecular flexibility index (Phi) is 6.52. The standard InChI is InChI=1S/C14H20N2O3S/c1-4-11-16(3)20(17,18)14-8-6-13(7-9-14)19-12-10-15-5-2/h1,6-9,15H,5,10-12H2,2-3H3. The fraction of sp³-hybridized carbons (Fsp3) is 0.429. The first-order chi connectivity index (χ1) is 9.52. The molecule has 0 saturated carbocycles. The van der Waals surface area contributed by atoms with Crippen molar-refractivity contribution in [3.8, 4) is 18.1 Å². The molecule has 20 heavy (non-hydrogen) atoms. The van der Waals surface area contributed by atoms with Gasteiger partial charge in [0, 0.05) is 13.6 Å². The number of terminal acetylenes is 1. The van der Waals surface area contributed by atoms with Gasteiger partial charge in [0.1, 0.15) is 12.4 Å². The molecule has 0 fully saturated rings. The molecule has 1 N–H and O–H groups in total. The van der Waals surface area contributed by atoms with Crippen LogP contribution in [-0.4, -0.2) is 46.0 Å². The Morgan fingerprint density at radius 1 is 1.35 bits per heavy atom. The van der Waals surface area contributed by atoms with E-state index in [9.17, 15) is 8.42 Å². The van der Waals surface area contributed by atoms with Crippen LogP contribution in [0.5, 0.6) is 5.75 Å². The molecule has 0 aliphatic rings. The molecular formula is C14H20N2O3S. The Hall–Kier alpha value is -1.55. The van der Waals surface area contributed by atoms with Crippen molar-refractivity contribution >= 4 is 10.0 Å². The van der Waals surface area contributed by atoms with Crippen LogP contribution in [0.2, 0.25) is 0 Å². The van der Waals surface area contributed by atoms with E-state index >= 15 is 0 Å². The van der Waals surface area contributed by atoms with Crippen LogP contribution in [0.3, 0.4) is 0 Å².